The molecule has 2 rings (SSSR count). The van der Waals surface area contributed by atoms with Crippen molar-refractivity contribution < 1.29 is 14.3 Å². The van der Waals surface area contributed by atoms with E-state index in [9.17, 15) is 4.79 Å². The molecule has 5 heteroatoms. The SMILES string of the molecule is COc1ccc(CSC[C@@H]2CCCN2C(=O)OC(C)(C)C)cc1. The second-order valence-electron chi connectivity index (χ2n) is 6.83. The number of amides is 1. The number of hydrogen-bond acceptors (Lipinski definition) is 4. The monoisotopic (exact) mass is 337 g/mol. The molecule has 1 aromatic carbocycles. The number of likely N-dealkylation sites (tertiary alicyclic amines) is 1. The zero-order valence-corrected chi connectivity index (χ0v) is 15.3. The predicted molar refractivity (Wildman–Crippen MR) is 95.1 cm³/mol. The molecule has 0 unspecified atom stereocenters. The zero-order valence-electron chi connectivity index (χ0n) is 14.5. The Balaban J connectivity index is 1.80. The molecular weight excluding hydrogens is 310 g/mol. The number of rotatable bonds is 5. The van der Waals surface area contributed by atoms with Gasteiger partial charge in [-0.2, -0.15) is 11.8 Å². The molecular formula is C18H27NO3S. The lowest BCUT2D eigenvalue weighted by molar-refractivity contribution is 0.0242. The van der Waals surface area contributed by atoms with Crippen LogP contribution >= 0.6 is 11.8 Å². The molecule has 1 amide bonds. The number of carbonyl (C=O) groups is 1. The van der Waals surface area contributed by atoms with Gasteiger partial charge in [-0.25, -0.2) is 4.79 Å². The van der Waals surface area contributed by atoms with E-state index in [2.05, 4.69) is 12.1 Å². The van der Waals surface area contributed by atoms with Gasteiger partial charge in [0.1, 0.15) is 11.4 Å². The standard InChI is InChI=1S/C18H27NO3S/c1-18(2,3)22-17(20)19-11-5-6-15(19)13-23-12-14-7-9-16(21-4)10-8-14/h7-10,15H,5-6,11-13H2,1-4H3/t15-/m0/s1. The van der Waals surface area contributed by atoms with E-state index in [4.69, 9.17) is 9.47 Å². The number of methoxy groups -OCH3 is 1. The minimum Gasteiger partial charge on any atom is -0.497 e. The summed E-state index contributed by atoms with van der Waals surface area (Å²) in [6, 6.07) is 8.43. The van der Waals surface area contributed by atoms with Crippen LogP contribution in [-0.4, -0.2) is 42.0 Å². The van der Waals surface area contributed by atoms with Gasteiger partial charge in [0.05, 0.1) is 7.11 Å². The van der Waals surface area contributed by atoms with Crippen LogP contribution in [0, 0.1) is 0 Å². The Hall–Kier alpha value is -1.36. The second-order valence-corrected chi connectivity index (χ2v) is 7.86. The van der Waals surface area contributed by atoms with E-state index in [-0.39, 0.29) is 12.1 Å². The number of nitrogens with zero attached hydrogens (tertiary/aromatic N) is 1. The van der Waals surface area contributed by atoms with E-state index in [1.54, 1.807) is 7.11 Å². The van der Waals surface area contributed by atoms with E-state index >= 15 is 0 Å². The van der Waals surface area contributed by atoms with Crippen molar-refractivity contribution in [1.82, 2.24) is 4.90 Å². The van der Waals surface area contributed by atoms with Gasteiger partial charge in [0.25, 0.3) is 0 Å². The smallest absolute Gasteiger partial charge is 0.410 e. The minimum atomic E-state index is -0.430. The molecule has 0 radical (unpaired) electrons. The van der Waals surface area contributed by atoms with Crippen molar-refractivity contribution in [3.05, 3.63) is 29.8 Å². The number of hydrogen-bond donors (Lipinski definition) is 0. The van der Waals surface area contributed by atoms with Crippen molar-refractivity contribution >= 4 is 17.9 Å². The molecule has 1 aliphatic heterocycles. The molecule has 1 atom stereocenters. The normalized spacial score (nSPS) is 18.1. The largest absolute Gasteiger partial charge is 0.497 e. The van der Waals surface area contributed by atoms with Gasteiger partial charge in [-0.15, -0.1) is 0 Å². The zero-order chi connectivity index (χ0) is 16.9. The first-order chi connectivity index (χ1) is 10.9. The highest BCUT2D eigenvalue weighted by molar-refractivity contribution is 7.98. The van der Waals surface area contributed by atoms with Gasteiger partial charge < -0.3 is 14.4 Å². The third-order valence-electron chi connectivity index (χ3n) is 3.74. The molecule has 4 nitrogen and oxygen atoms in total. The second kappa shape index (κ2) is 7.95. The minimum absolute atomic E-state index is 0.176. The summed E-state index contributed by atoms with van der Waals surface area (Å²) >= 11 is 1.87. The Labute approximate surface area is 143 Å². The average Bonchev–Trinajstić information content (AvgIpc) is 2.95. The van der Waals surface area contributed by atoms with Gasteiger partial charge in [-0.05, 0) is 51.3 Å². The molecule has 1 aliphatic rings. The maximum Gasteiger partial charge on any atom is 0.410 e. The average molecular weight is 337 g/mol. The fraction of sp³-hybridized carbons (Fsp3) is 0.611. The first-order valence-electron chi connectivity index (χ1n) is 8.09. The number of benzene rings is 1. The number of ether oxygens (including phenoxy) is 2. The van der Waals surface area contributed by atoms with Crippen molar-refractivity contribution in [2.45, 2.75) is 51.0 Å². The lowest BCUT2D eigenvalue weighted by Crippen LogP contribution is -2.40. The van der Waals surface area contributed by atoms with Gasteiger partial charge in [-0.3, -0.25) is 0 Å². The fourth-order valence-corrected chi connectivity index (χ4v) is 3.77. The summed E-state index contributed by atoms with van der Waals surface area (Å²) in [6.45, 7) is 6.54. The summed E-state index contributed by atoms with van der Waals surface area (Å²) in [5.41, 5.74) is 0.845. The van der Waals surface area contributed by atoms with Crippen molar-refractivity contribution in [1.29, 1.82) is 0 Å². The molecule has 128 valence electrons. The molecule has 0 bridgehead atoms. The summed E-state index contributed by atoms with van der Waals surface area (Å²) in [6.07, 6.45) is 1.95. The Bertz CT molecular complexity index is 510. The van der Waals surface area contributed by atoms with Gasteiger partial charge in [-0.1, -0.05) is 12.1 Å². The summed E-state index contributed by atoms with van der Waals surface area (Å²) in [4.78, 5) is 14.2. The molecule has 0 aliphatic carbocycles. The lowest BCUT2D eigenvalue weighted by Gasteiger charge is -2.28. The number of carbonyl (C=O) groups excluding carboxylic acids is 1. The van der Waals surface area contributed by atoms with E-state index < -0.39 is 5.60 Å². The third-order valence-corrected chi connectivity index (χ3v) is 4.90. The van der Waals surface area contributed by atoms with Crippen molar-refractivity contribution in [2.24, 2.45) is 0 Å². The molecule has 0 saturated carbocycles. The van der Waals surface area contributed by atoms with Crippen molar-refractivity contribution in [3.63, 3.8) is 0 Å². The first kappa shape index (κ1) is 18.0. The molecule has 1 fully saturated rings. The molecule has 0 N–H and O–H groups in total. The van der Waals surface area contributed by atoms with Gasteiger partial charge in [0.2, 0.25) is 0 Å². The number of thioether (sulfide) groups is 1. The Morgan fingerprint density at radius 3 is 2.61 bits per heavy atom. The molecule has 0 spiro atoms. The van der Waals surface area contributed by atoms with E-state index in [0.717, 1.165) is 36.6 Å². The molecule has 1 heterocycles. The molecule has 23 heavy (non-hydrogen) atoms. The van der Waals surface area contributed by atoms with Gasteiger partial charge in [0.15, 0.2) is 0 Å². The Kier molecular flexibility index (Phi) is 6.22. The van der Waals surface area contributed by atoms with E-state index in [1.807, 2.05) is 49.6 Å². The topological polar surface area (TPSA) is 38.8 Å². The Morgan fingerprint density at radius 2 is 2.00 bits per heavy atom. The van der Waals surface area contributed by atoms with Crippen LogP contribution in [0.15, 0.2) is 24.3 Å². The summed E-state index contributed by atoms with van der Waals surface area (Å²) in [5, 5.41) is 0. The molecule has 1 saturated heterocycles. The van der Waals surface area contributed by atoms with Gasteiger partial charge in [0, 0.05) is 24.1 Å². The maximum atomic E-state index is 12.3. The van der Waals surface area contributed by atoms with E-state index in [1.165, 1.54) is 5.56 Å². The van der Waals surface area contributed by atoms with E-state index in [0.29, 0.717) is 0 Å². The van der Waals surface area contributed by atoms with Crippen LogP contribution in [0.25, 0.3) is 0 Å². The quantitative estimate of drug-likeness (QED) is 0.802. The van der Waals surface area contributed by atoms with Gasteiger partial charge >= 0.3 is 6.09 Å². The van der Waals surface area contributed by atoms with Crippen molar-refractivity contribution in [2.75, 3.05) is 19.4 Å². The van der Waals surface area contributed by atoms with Crippen LogP contribution in [0.3, 0.4) is 0 Å². The highest BCUT2D eigenvalue weighted by Crippen LogP contribution is 2.25. The van der Waals surface area contributed by atoms with Crippen LogP contribution in [0.1, 0.15) is 39.2 Å². The predicted octanol–water partition coefficient (Wildman–Crippen LogP) is 4.33. The summed E-state index contributed by atoms with van der Waals surface area (Å²) in [7, 11) is 1.68. The molecule has 0 aromatic heterocycles. The Morgan fingerprint density at radius 1 is 1.30 bits per heavy atom. The first-order valence-corrected chi connectivity index (χ1v) is 9.25. The highest BCUT2D eigenvalue weighted by atomic mass is 32.2. The summed E-state index contributed by atoms with van der Waals surface area (Å²) < 4.78 is 10.7. The third kappa shape index (κ3) is 5.65. The van der Waals surface area contributed by atoms with Crippen LogP contribution in [-0.2, 0) is 10.5 Å². The summed E-state index contributed by atoms with van der Waals surface area (Å²) in [5.74, 6) is 2.78. The highest BCUT2D eigenvalue weighted by Gasteiger charge is 2.31. The van der Waals surface area contributed by atoms with Crippen LogP contribution in [0.4, 0.5) is 4.79 Å². The van der Waals surface area contributed by atoms with Crippen LogP contribution in [0.5, 0.6) is 5.75 Å². The van der Waals surface area contributed by atoms with Crippen molar-refractivity contribution in [3.8, 4) is 5.75 Å². The molecule has 1 aromatic rings. The van der Waals surface area contributed by atoms with Crippen LogP contribution in [0.2, 0.25) is 0 Å². The maximum absolute atomic E-state index is 12.3. The fourth-order valence-electron chi connectivity index (χ4n) is 2.60. The lowest BCUT2D eigenvalue weighted by atomic mass is 10.2. The van der Waals surface area contributed by atoms with Crippen LogP contribution < -0.4 is 4.74 Å².